The molecule has 2 fully saturated rings. The van der Waals surface area contributed by atoms with Gasteiger partial charge in [0.1, 0.15) is 11.0 Å². The number of hydrogen-bond acceptors (Lipinski definition) is 3. The van der Waals surface area contributed by atoms with Crippen molar-refractivity contribution in [3.63, 3.8) is 0 Å². The lowest BCUT2D eigenvalue weighted by Gasteiger charge is -2.30. The molecule has 19 heavy (non-hydrogen) atoms. The van der Waals surface area contributed by atoms with E-state index in [1.54, 1.807) is 20.8 Å². The number of likely N-dealkylation sites (tertiary alicyclic amines) is 1. The van der Waals surface area contributed by atoms with Gasteiger partial charge in [-0.25, -0.2) is 13.6 Å². The number of carbonyl (C=O) groups is 2. The number of carboxylic acid groups (broad SMARTS) is 1. The first kappa shape index (κ1) is 14.0. The molecule has 1 N–H and O–H groups in total. The van der Waals surface area contributed by atoms with E-state index >= 15 is 0 Å². The van der Waals surface area contributed by atoms with Crippen LogP contribution in [0.15, 0.2) is 0 Å². The number of carbonyl (C=O) groups excluding carboxylic acids is 1. The average molecular weight is 277 g/mol. The normalized spacial score (nSPS) is 32.5. The Morgan fingerprint density at radius 3 is 2.37 bits per heavy atom. The van der Waals surface area contributed by atoms with Gasteiger partial charge in [-0.1, -0.05) is 0 Å². The van der Waals surface area contributed by atoms with Gasteiger partial charge in [0, 0.05) is 13.1 Å². The Labute approximate surface area is 109 Å². The summed E-state index contributed by atoms with van der Waals surface area (Å²) in [6.07, 6.45) is -0.909. The summed E-state index contributed by atoms with van der Waals surface area (Å²) in [4.78, 5) is 24.0. The maximum absolute atomic E-state index is 13.6. The molecule has 0 bridgehead atoms. The van der Waals surface area contributed by atoms with Gasteiger partial charge in [0.15, 0.2) is 0 Å². The second kappa shape index (κ2) is 3.80. The minimum absolute atomic E-state index is 0.0205. The first-order chi connectivity index (χ1) is 8.52. The molecule has 1 saturated heterocycles. The SMILES string of the molecule is CC(C)(C)OC(=O)N1CCC2(C(=O)O)C(C1)C2(F)F. The Kier molecular flexibility index (Phi) is 2.80. The maximum Gasteiger partial charge on any atom is 0.410 e. The third kappa shape index (κ3) is 1.95. The molecular weight excluding hydrogens is 260 g/mol. The summed E-state index contributed by atoms with van der Waals surface area (Å²) in [7, 11) is 0. The smallest absolute Gasteiger partial charge is 0.410 e. The number of ether oxygens (including phenoxy) is 1. The van der Waals surface area contributed by atoms with E-state index in [1.807, 2.05) is 0 Å². The fourth-order valence-corrected chi connectivity index (χ4v) is 2.66. The van der Waals surface area contributed by atoms with Gasteiger partial charge in [0.25, 0.3) is 5.92 Å². The molecule has 2 atom stereocenters. The van der Waals surface area contributed by atoms with Crippen molar-refractivity contribution in [3.8, 4) is 0 Å². The van der Waals surface area contributed by atoms with E-state index in [9.17, 15) is 18.4 Å². The van der Waals surface area contributed by atoms with Crippen molar-refractivity contribution in [1.29, 1.82) is 0 Å². The standard InChI is InChI=1S/C12H17F2NO4/c1-10(2,3)19-9(18)15-5-4-11(8(16)17)7(6-15)12(11,13)14/h7H,4-6H2,1-3H3,(H,16,17). The van der Waals surface area contributed by atoms with Crippen LogP contribution in [-0.4, -0.2) is 46.7 Å². The van der Waals surface area contributed by atoms with Crippen molar-refractivity contribution in [1.82, 2.24) is 4.90 Å². The molecule has 0 aromatic heterocycles. The van der Waals surface area contributed by atoms with Gasteiger partial charge in [-0.3, -0.25) is 4.79 Å². The molecule has 0 spiro atoms. The Balaban J connectivity index is 2.06. The first-order valence-corrected chi connectivity index (χ1v) is 6.11. The van der Waals surface area contributed by atoms with Crippen molar-refractivity contribution in [2.24, 2.45) is 11.3 Å². The van der Waals surface area contributed by atoms with Crippen molar-refractivity contribution in [2.45, 2.75) is 38.7 Å². The predicted octanol–water partition coefficient (Wildman–Crippen LogP) is 1.96. The minimum Gasteiger partial charge on any atom is -0.481 e. The number of halogens is 2. The highest BCUT2D eigenvalue weighted by Gasteiger charge is 2.86. The van der Waals surface area contributed by atoms with Gasteiger partial charge in [0.05, 0.1) is 5.92 Å². The highest BCUT2D eigenvalue weighted by molar-refractivity contribution is 5.82. The number of hydrogen-bond donors (Lipinski definition) is 1. The summed E-state index contributed by atoms with van der Waals surface area (Å²) < 4.78 is 32.3. The van der Waals surface area contributed by atoms with E-state index in [1.165, 1.54) is 0 Å². The number of amides is 1. The number of alkyl halides is 2. The molecule has 2 aliphatic rings. The molecule has 1 heterocycles. The zero-order chi connectivity index (χ0) is 14.6. The molecule has 2 rings (SSSR count). The molecule has 5 nitrogen and oxygen atoms in total. The molecule has 108 valence electrons. The van der Waals surface area contributed by atoms with Gasteiger partial charge in [0.2, 0.25) is 0 Å². The molecule has 1 aliphatic carbocycles. The Bertz CT molecular complexity index is 432. The summed E-state index contributed by atoms with van der Waals surface area (Å²) in [5, 5.41) is 8.97. The average Bonchev–Trinajstić information content (AvgIpc) is 2.74. The van der Waals surface area contributed by atoms with Crippen LogP contribution in [-0.2, 0) is 9.53 Å². The van der Waals surface area contributed by atoms with Crippen molar-refractivity contribution >= 4 is 12.1 Å². The predicted molar refractivity (Wildman–Crippen MR) is 60.9 cm³/mol. The zero-order valence-electron chi connectivity index (χ0n) is 11.1. The van der Waals surface area contributed by atoms with Crippen LogP contribution in [0.4, 0.5) is 13.6 Å². The molecule has 0 radical (unpaired) electrons. The van der Waals surface area contributed by atoms with Crippen LogP contribution in [0, 0.1) is 11.3 Å². The fraction of sp³-hybridized carbons (Fsp3) is 0.833. The van der Waals surface area contributed by atoms with Crippen LogP contribution in [0.2, 0.25) is 0 Å². The molecule has 0 aromatic carbocycles. The monoisotopic (exact) mass is 277 g/mol. The molecule has 1 saturated carbocycles. The van der Waals surface area contributed by atoms with Crippen LogP contribution < -0.4 is 0 Å². The van der Waals surface area contributed by atoms with Crippen molar-refractivity contribution in [2.75, 3.05) is 13.1 Å². The number of fused-ring (bicyclic) bond motifs is 1. The number of nitrogens with zero attached hydrogens (tertiary/aromatic N) is 1. The lowest BCUT2D eigenvalue weighted by atomic mass is 9.95. The van der Waals surface area contributed by atoms with Crippen molar-refractivity contribution in [3.05, 3.63) is 0 Å². The van der Waals surface area contributed by atoms with Crippen LogP contribution in [0.25, 0.3) is 0 Å². The number of aliphatic carboxylic acids is 1. The van der Waals surface area contributed by atoms with E-state index in [-0.39, 0.29) is 19.5 Å². The van der Waals surface area contributed by atoms with E-state index in [0.29, 0.717) is 0 Å². The number of piperidine rings is 1. The molecule has 1 amide bonds. The number of carboxylic acids is 1. The summed E-state index contributed by atoms with van der Waals surface area (Å²) in [6, 6.07) is 0. The Morgan fingerprint density at radius 1 is 1.37 bits per heavy atom. The second-order valence-electron chi connectivity index (χ2n) is 6.13. The zero-order valence-corrected chi connectivity index (χ0v) is 11.1. The molecule has 1 aliphatic heterocycles. The third-order valence-corrected chi connectivity index (χ3v) is 3.76. The van der Waals surface area contributed by atoms with E-state index < -0.39 is 34.9 Å². The second-order valence-corrected chi connectivity index (χ2v) is 6.13. The highest BCUT2D eigenvalue weighted by Crippen LogP contribution is 2.69. The van der Waals surface area contributed by atoms with Gasteiger partial charge in [-0.15, -0.1) is 0 Å². The first-order valence-electron chi connectivity index (χ1n) is 6.11. The van der Waals surface area contributed by atoms with Crippen LogP contribution in [0.1, 0.15) is 27.2 Å². The Hall–Kier alpha value is -1.40. The van der Waals surface area contributed by atoms with E-state index in [2.05, 4.69) is 0 Å². The van der Waals surface area contributed by atoms with Crippen LogP contribution in [0.3, 0.4) is 0 Å². The topological polar surface area (TPSA) is 66.8 Å². The lowest BCUT2D eigenvalue weighted by molar-refractivity contribution is -0.149. The van der Waals surface area contributed by atoms with E-state index in [0.717, 1.165) is 4.90 Å². The van der Waals surface area contributed by atoms with Crippen LogP contribution >= 0.6 is 0 Å². The van der Waals surface area contributed by atoms with Gasteiger partial charge in [-0.05, 0) is 27.2 Å². The number of rotatable bonds is 1. The Morgan fingerprint density at radius 2 is 1.95 bits per heavy atom. The third-order valence-electron chi connectivity index (χ3n) is 3.76. The van der Waals surface area contributed by atoms with E-state index in [4.69, 9.17) is 9.84 Å². The molecular formula is C12H17F2NO4. The summed E-state index contributed by atoms with van der Waals surface area (Å²) in [5.74, 6) is -6.03. The quantitative estimate of drug-likeness (QED) is 0.795. The summed E-state index contributed by atoms with van der Waals surface area (Å²) in [6.45, 7) is 4.76. The van der Waals surface area contributed by atoms with Crippen molar-refractivity contribution < 1.29 is 28.2 Å². The summed E-state index contributed by atoms with van der Waals surface area (Å²) in [5.41, 5.74) is -2.68. The minimum atomic E-state index is -3.24. The van der Waals surface area contributed by atoms with Gasteiger partial charge in [-0.2, -0.15) is 0 Å². The molecule has 0 aromatic rings. The lowest BCUT2D eigenvalue weighted by Crippen LogP contribution is -2.43. The summed E-state index contributed by atoms with van der Waals surface area (Å²) >= 11 is 0. The van der Waals surface area contributed by atoms with Gasteiger partial charge < -0.3 is 14.7 Å². The highest BCUT2D eigenvalue weighted by atomic mass is 19.3. The largest absolute Gasteiger partial charge is 0.481 e. The fourth-order valence-electron chi connectivity index (χ4n) is 2.66. The van der Waals surface area contributed by atoms with Crippen LogP contribution in [0.5, 0.6) is 0 Å². The van der Waals surface area contributed by atoms with Gasteiger partial charge >= 0.3 is 12.1 Å². The molecule has 2 unspecified atom stereocenters. The molecule has 7 heteroatoms. The maximum atomic E-state index is 13.6.